The molecule has 7 nitrogen and oxygen atoms in total. The summed E-state index contributed by atoms with van der Waals surface area (Å²) in [7, 11) is 1.59. The van der Waals surface area contributed by atoms with Crippen LogP contribution in [0.15, 0.2) is 47.1 Å². The lowest BCUT2D eigenvalue weighted by Gasteiger charge is -2.16. The molecule has 0 aliphatic heterocycles. The zero-order valence-electron chi connectivity index (χ0n) is 15.6. The van der Waals surface area contributed by atoms with Gasteiger partial charge in [-0.25, -0.2) is 4.63 Å². The monoisotopic (exact) mass is 367 g/mol. The number of aromatic nitrogens is 2. The maximum Gasteiger partial charge on any atom is 0.266 e. The van der Waals surface area contributed by atoms with E-state index in [1.807, 2.05) is 44.2 Å². The number of benzene rings is 2. The molecule has 0 fully saturated rings. The molecule has 3 aromatic rings. The van der Waals surface area contributed by atoms with Crippen LogP contribution in [0, 0.1) is 13.8 Å². The summed E-state index contributed by atoms with van der Waals surface area (Å²) in [6.07, 6.45) is -0.717. The second-order valence-electron chi connectivity index (χ2n) is 6.14. The fourth-order valence-electron chi connectivity index (χ4n) is 2.52. The summed E-state index contributed by atoms with van der Waals surface area (Å²) in [5.74, 6) is 1.28. The number of aryl methyl sites for hydroxylation is 1. The van der Waals surface area contributed by atoms with Crippen molar-refractivity contribution < 1.29 is 18.9 Å². The molecule has 140 valence electrons. The fraction of sp³-hybridized carbons (Fsp3) is 0.250. The van der Waals surface area contributed by atoms with Crippen LogP contribution in [0.4, 0.5) is 5.82 Å². The molecule has 0 bridgehead atoms. The van der Waals surface area contributed by atoms with Gasteiger partial charge in [0.1, 0.15) is 11.5 Å². The Morgan fingerprint density at radius 1 is 1.11 bits per heavy atom. The highest BCUT2D eigenvalue weighted by Crippen LogP contribution is 2.27. The number of hydrogen-bond donors (Lipinski definition) is 1. The van der Waals surface area contributed by atoms with E-state index in [1.165, 1.54) is 0 Å². The van der Waals surface area contributed by atoms with Crippen LogP contribution in [-0.4, -0.2) is 29.4 Å². The largest absolute Gasteiger partial charge is 0.497 e. The van der Waals surface area contributed by atoms with E-state index in [1.54, 1.807) is 26.2 Å². The zero-order valence-corrected chi connectivity index (χ0v) is 15.6. The number of anilines is 1. The quantitative estimate of drug-likeness (QED) is 0.714. The molecule has 0 saturated heterocycles. The molecule has 1 aromatic heterocycles. The molecule has 3 rings (SSSR count). The van der Waals surface area contributed by atoms with Crippen molar-refractivity contribution in [1.82, 2.24) is 10.3 Å². The molecular formula is C20H21N3O4. The van der Waals surface area contributed by atoms with Gasteiger partial charge in [-0.1, -0.05) is 12.1 Å². The molecule has 2 aromatic carbocycles. The highest BCUT2D eigenvalue weighted by Gasteiger charge is 2.21. The molecule has 1 atom stereocenters. The van der Waals surface area contributed by atoms with E-state index >= 15 is 0 Å². The Labute approximate surface area is 157 Å². The molecule has 7 heteroatoms. The number of rotatable bonds is 6. The van der Waals surface area contributed by atoms with Gasteiger partial charge in [-0.15, -0.1) is 0 Å². The van der Waals surface area contributed by atoms with E-state index in [0.717, 1.165) is 22.4 Å². The Kier molecular flexibility index (Phi) is 5.40. The van der Waals surface area contributed by atoms with Gasteiger partial charge >= 0.3 is 0 Å². The Morgan fingerprint density at radius 2 is 1.85 bits per heavy atom. The number of nitrogens with zero attached hydrogens (tertiary/aromatic N) is 2. The van der Waals surface area contributed by atoms with Crippen molar-refractivity contribution in [3.8, 4) is 22.8 Å². The average Bonchev–Trinajstić information content (AvgIpc) is 3.13. The third kappa shape index (κ3) is 4.08. The molecule has 0 aliphatic rings. The van der Waals surface area contributed by atoms with Gasteiger partial charge in [0.2, 0.25) is 5.82 Å². The van der Waals surface area contributed by atoms with Crippen LogP contribution in [0.1, 0.15) is 18.1 Å². The zero-order chi connectivity index (χ0) is 19.4. The molecule has 0 spiro atoms. The van der Waals surface area contributed by atoms with Crippen LogP contribution in [0.2, 0.25) is 0 Å². The van der Waals surface area contributed by atoms with Gasteiger partial charge in [0.25, 0.3) is 5.91 Å². The van der Waals surface area contributed by atoms with Crippen LogP contribution < -0.4 is 14.8 Å². The molecule has 1 heterocycles. The van der Waals surface area contributed by atoms with Gasteiger partial charge in [-0.3, -0.25) is 4.79 Å². The van der Waals surface area contributed by atoms with E-state index < -0.39 is 6.10 Å². The lowest BCUT2D eigenvalue weighted by molar-refractivity contribution is -0.122. The number of methoxy groups -OCH3 is 1. The van der Waals surface area contributed by atoms with Gasteiger partial charge in [-0.2, -0.15) is 0 Å². The molecule has 27 heavy (non-hydrogen) atoms. The van der Waals surface area contributed by atoms with Gasteiger partial charge in [-0.05, 0) is 72.5 Å². The summed E-state index contributed by atoms with van der Waals surface area (Å²) < 4.78 is 15.8. The Morgan fingerprint density at radius 3 is 2.56 bits per heavy atom. The van der Waals surface area contributed by atoms with Crippen molar-refractivity contribution in [2.24, 2.45) is 0 Å². The molecule has 1 N–H and O–H groups in total. The molecule has 0 saturated carbocycles. The number of nitrogens with one attached hydrogen (secondary N) is 1. The van der Waals surface area contributed by atoms with Gasteiger partial charge in [0.05, 0.1) is 7.11 Å². The van der Waals surface area contributed by atoms with Crippen molar-refractivity contribution in [1.29, 1.82) is 0 Å². The maximum atomic E-state index is 12.5. The molecule has 1 amide bonds. The van der Waals surface area contributed by atoms with E-state index in [0.29, 0.717) is 11.4 Å². The second kappa shape index (κ2) is 7.90. The van der Waals surface area contributed by atoms with Crippen LogP contribution in [0.5, 0.6) is 11.5 Å². The lowest BCUT2D eigenvalue weighted by atomic mass is 10.1. The molecule has 1 unspecified atom stereocenters. The topological polar surface area (TPSA) is 86.5 Å². The molecular weight excluding hydrogens is 346 g/mol. The number of hydrogen-bond acceptors (Lipinski definition) is 6. The maximum absolute atomic E-state index is 12.5. The standard InChI is InChI=1S/C20H21N3O4/c1-12-6-5-7-17(13(12)2)26-14(3)20(24)21-19-18(22-27-23-19)15-8-10-16(25-4)11-9-15/h5-11,14H,1-4H3,(H,21,23,24). The average molecular weight is 367 g/mol. The first-order valence-corrected chi connectivity index (χ1v) is 8.50. The van der Waals surface area contributed by atoms with Gasteiger partial charge < -0.3 is 14.8 Å². The van der Waals surface area contributed by atoms with Crippen molar-refractivity contribution in [3.05, 3.63) is 53.6 Å². The summed E-state index contributed by atoms with van der Waals surface area (Å²) in [4.78, 5) is 12.5. The van der Waals surface area contributed by atoms with E-state index in [4.69, 9.17) is 14.1 Å². The van der Waals surface area contributed by atoms with Crippen LogP contribution >= 0.6 is 0 Å². The fourth-order valence-corrected chi connectivity index (χ4v) is 2.52. The Bertz CT molecular complexity index is 935. The number of carbonyl (C=O) groups is 1. The second-order valence-corrected chi connectivity index (χ2v) is 6.14. The third-order valence-corrected chi connectivity index (χ3v) is 4.32. The smallest absolute Gasteiger partial charge is 0.266 e. The third-order valence-electron chi connectivity index (χ3n) is 4.32. The van der Waals surface area contributed by atoms with Crippen LogP contribution in [-0.2, 0) is 4.79 Å². The number of carbonyl (C=O) groups excluding carboxylic acids is 1. The minimum Gasteiger partial charge on any atom is -0.497 e. The summed E-state index contributed by atoms with van der Waals surface area (Å²) in [5, 5.41) is 10.4. The van der Waals surface area contributed by atoms with Crippen LogP contribution in [0.3, 0.4) is 0 Å². The molecule has 0 radical (unpaired) electrons. The highest BCUT2D eigenvalue weighted by molar-refractivity contribution is 5.96. The van der Waals surface area contributed by atoms with Crippen molar-refractivity contribution in [2.75, 3.05) is 12.4 Å². The Balaban J connectivity index is 1.72. The minimum absolute atomic E-state index is 0.238. The first kappa shape index (κ1) is 18.4. The number of ether oxygens (including phenoxy) is 2. The summed E-state index contributed by atoms with van der Waals surface area (Å²) >= 11 is 0. The number of amides is 1. The highest BCUT2D eigenvalue weighted by atomic mass is 16.6. The van der Waals surface area contributed by atoms with Crippen molar-refractivity contribution >= 4 is 11.7 Å². The predicted octanol–water partition coefficient (Wildman–Crippen LogP) is 3.77. The normalized spacial score (nSPS) is 11.7. The van der Waals surface area contributed by atoms with E-state index in [9.17, 15) is 4.79 Å². The summed E-state index contributed by atoms with van der Waals surface area (Å²) in [6, 6.07) is 12.9. The summed E-state index contributed by atoms with van der Waals surface area (Å²) in [6.45, 7) is 5.63. The molecule has 0 aliphatic carbocycles. The SMILES string of the molecule is COc1ccc(-c2nonc2NC(=O)C(C)Oc2cccc(C)c2C)cc1. The minimum atomic E-state index is -0.717. The predicted molar refractivity (Wildman–Crippen MR) is 101 cm³/mol. The van der Waals surface area contributed by atoms with E-state index in [2.05, 4.69) is 15.6 Å². The first-order chi connectivity index (χ1) is 13.0. The van der Waals surface area contributed by atoms with Crippen LogP contribution in [0.25, 0.3) is 11.3 Å². The lowest BCUT2D eigenvalue weighted by Crippen LogP contribution is -2.30. The summed E-state index contributed by atoms with van der Waals surface area (Å²) in [5.41, 5.74) is 3.28. The van der Waals surface area contributed by atoms with Gasteiger partial charge in [0, 0.05) is 5.56 Å². The van der Waals surface area contributed by atoms with E-state index in [-0.39, 0.29) is 11.7 Å². The first-order valence-electron chi connectivity index (χ1n) is 8.50. The Hall–Kier alpha value is -3.35. The van der Waals surface area contributed by atoms with Crippen molar-refractivity contribution in [2.45, 2.75) is 26.9 Å². The van der Waals surface area contributed by atoms with Gasteiger partial charge in [0.15, 0.2) is 11.8 Å². The van der Waals surface area contributed by atoms with Crippen molar-refractivity contribution in [3.63, 3.8) is 0 Å².